The first kappa shape index (κ1) is 19.0. The number of nitrogens with zero attached hydrogens (tertiary/aromatic N) is 3. The van der Waals surface area contributed by atoms with Gasteiger partial charge in [0.05, 0.1) is 12.2 Å². The molecule has 9 heteroatoms. The highest BCUT2D eigenvalue weighted by Crippen LogP contribution is 2.35. The smallest absolute Gasteiger partial charge is 0.338 e. The van der Waals surface area contributed by atoms with Gasteiger partial charge in [0.1, 0.15) is 30.6 Å². The van der Waals surface area contributed by atoms with Crippen LogP contribution in [0.5, 0.6) is 0 Å². The van der Waals surface area contributed by atoms with E-state index in [0.29, 0.717) is 18.3 Å². The van der Waals surface area contributed by atoms with Crippen molar-refractivity contribution in [3.63, 3.8) is 0 Å². The van der Waals surface area contributed by atoms with E-state index in [9.17, 15) is 13.6 Å². The number of fused-ring (bicyclic) bond motifs is 1. The van der Waals surface area contributed by atoms with E-state index in [0.717, 1.165) is 24.6 Å². The molecule has 27 heavy (non-hydrogen) atoms. The van der Waals surface area contributed by atoms with E-state index in [1.54, 1.807) is 6.92 Å². The number of rotatable bonds is 7. The van der Waals surface area contributed by atoms with Crippen molar-refractivity contribution in [3.8, 4) is 0 Å². The number of ether oxygens (including phenoxy) is 2. The van der Waals surface area contributed by atoms with Gasteiger partial charge in [0, 0.05) is 18.4 Å². The summed E-state index contributed by atoms with van der Waals surface area (Å²) in [7, 11) is 0. The summed E-state index contributed by atoms with van der Waals surface area (Å²) in [5.41, 5.74) is 0.910. The van der Waals surface area contributed by atoms with E-state index in [-0.39, 0.29) is 24.4 Å². The molecule has 0 bridgehead atoms. The first-order valence-corrected chi connectivity index (χ1v) is 8.59. The first-order valence-electron chi connectivity index (χ1n) is 8.59. The predicted octanol–water partition coefficient (Wildman–Crippen LogP) is 2.82. The number of carbonyl (C=O) groups is 1. The molecular weight excluding hydrogens is 358 g/mol. The van der Waals surface area contributed by atoms with Gasteiger partial charge < -0.3 is 14.8 Å². The van der Waals surface area contributed by atoms with Gasteiger partial charge in [0.15, 0.2) is 0 Å². The van der Waals surface area contributed by atoms with Crippen LogP contribution in [0.2, 0.25) is 0 Å². The van der Waals surface area contributed by atoms with Crippen LogP contribution in [-0.4, -0.2) is 40.6 Å². The molecule has 0 spiro atoms. The molecule has 1 unspecified atom stereocenters. The number of benzene rings is 1. The zero-order chi connectivity index (χ0) is 19.4. The largest absolute Gasteiger partial charge is 0.460 e. The number of nitrogens with one attached hydrogen (secondary N) is 1. The van der Waals surface area contributed by atoms with E-state index in [2.05, 4.69) is 15.4 Å². The van der Waals surface area contributed by atoms with Crippen molar-refractivity contribution in [2.45, 2.75) is 26.3 Å². The molecule has 7 nitrogen and oxygen atoms in total. The monoisotopic (exact) mass is 378 g/mol. The van der Waals surface area contributed by atoms with Crippen LogP contribution in [0, 0.1) is 11.6 Å². The average molecular weight is 378 g/mol. The zero-order valence-corrected chi connectivity index (χ0v) is 15.0. The summed E-state index contributed by atoms with van der Waals surface area (Å²) in [4.78, 5) is 16.8. The van der Waals surface area contributed by atoms with Crippen LogP contribution in [0.1, 0.15) is 31.9 Å². The molecule has 0 fully saturated rings. The summed E-state index contributed by atoms with van der Waals surface area (Å²) in [6.45, 7) is 4.57. The summed E-state index contributed by atoms with van der Waals surface area (Å²) in [6.07, 6.45) is 2.16. The van der Waals surface area contributed by atoms with Gasteiger partial charge in [0.2, 0.25) is 5.95 Å². The standard InChI is InChI=1S/C18H20F2N4O3/c1-3-4-26-5-6-27-17(25)15-11(2)23-18-21-10-22-24(18)16(15)12-7-13(19)9-14(20)8-12/h7-10,16H,3-6H2,1-2H3,(H,21,22,23). The lowest BCUT2D eigenvalue weighted by atomic mass is 9.95. The number of esters is 1. The van der Waals surface area contributed by atoms with Gasteiger partial charge in [-0.3, -0.25) is 0 Å². The normalized spacial score (nSPS) is 16.1. The van der Waals surface area contributed by atoms with E-state index in [1.165, 1.54) is 11.0 Å². The molecule has 0 radical (unpaired) electrons. The van der Waals surface area contributed by atoms with Gasteiger partial charge in [-0.05, 0) is 31.0 Å². The Kier molecular flexibility index (Phi) is 5.80. The Morgan fingerprint density at radius 3 is 2.67 bits per heavy atom. The quantitative estimate of drug-likeness (QED) is 0.590. The fourth-order valence-corrected chi connectivity index (χ4v) is 2.91. The highest BCUT2D eigenvalue weighted by atomic mass is 19.1. The van der Waals surface area contributed by atoms with Crippen molar-refractivity contribution in [2.75, 3.05) is 25.1 Å². The highest BCUT2D eigenvalue weighted by molar-refractivity contribution is 5.92. The Morgan fingerprint density at radius 1 is 1.22 bits per heavy atom. The van der Waals surface area contributed by atoms with E-state index in [1.807, 2.05) is 6.92 Å². The minimum atomic E-state index is -0.863. The molecule has 3 rings (SSSR count). The molecular formula is C18H20F2N4O3. The Morgan fingerprint density at radius 2 is 1.96 bits per heavy atom. The van der Waals surface area contributed by atoms with Crippen molar-refractivity contribution in [2.24, 2.45) is 0 Å². The molecule has 1 aliphatic rings. The van der Waals surface area contributed by atoms with Crippen LogP contribution >= 0.6 is 0 Å². The lowest BCUT2D eigenvalue weighted by Gasteiger charge is -2.28. The number of carbonyl (C=O) groups excluding carboxylic acids is 1. The van der Waals surface area contributed by atoms with Crippen molar-refractivity contribution < 1.29 is 23.0 Å². The van der Waals surface area contributed by atoms with Crippen LogP contribution in [0.4, 0.5) is 14.7 Å². The van der Waals surface area contributed by atoms with Gasteiger partial charge >= 0.3 is 5.97 Å². The molecule has 1 aromatic carbocycles. The predicted molar refractivity (Wildman–Crippen MR) is 92.9 cm³/mol. The fourth-order valence-electron chi connectivity index (χ4n) is 2.91. The first-order chi connectivity index (χ1) is 13.0. The lowest BCUT2D eigenvalue weighted by Crippen LogP contribution is -2.30. The number of hydrogen-bond acceptors (Lipinski definition) is 6. The van der Waals surface area contributed by atoms with Crippen LogP contribution in [-0.2, 0) is 14.3 Å². The SMILES string of the molecule is CCCOCCOC(=O)C1=C(C)Nc2ncnn2C1c1cc(F)cc(F)c1. The van der Waals surface area contributed by atoms with Crippen molar-refractivity contribution in [3.05, 3.63) is 53.0 Å². The van der Waals surface area contributed by atoms with E-state index in [4.69, 9.17) is 9.47 Å². The van der Waals surface area contributed by atoms with Gasteiger partial charge in [-0.1, -0.05) is 6.92 Å². The lowest BCUT2D eigenvalue weighted by molar-refractivity contribution is -0.141. The number of hydrogen-bond donors (Lipinski definition) is 1. The van der Waals surface area contributed by atoms with Crippen molar-refractivity contribution in [1.82, 2.24) is 14.8 Å². The molecule has 0 amide bonds. The highest BCUT2D eigenvalue weighted by Gasteiger charge is 2.34. The fraction of sp³-hybridized carbons (Fsp3) is 0.389. The molecule has 0 saturated heterocycles. The number of aromatic nitrogens is 3. The van der Waals surface area contributed by atoms with Crippen LogP contribution < -0.4 is 5.32 Å². The third-order valence-electron chi connectivity index (χ3n) is 4.02. The number of allylic oxidation sites excluding steroid dienone is 1. The Balaban J connectivity index is 1.91. The Hall–Kier alpha value is -2.81. The van der Waals surface area contributed by atoms with Gasteiger partial charge in [0.25, 0.3) is 0 Å². The van der Waals surface area contributed by atoms with Gasteiger partial charge in [-0.2, -0.15) is 10.1 Å². The van der Waals surface area contributed by atoms with Crippen LogP contribution in [0.15, 0.2) is 35.8 Å². The Bertz CT molecular complexity index is 846. The second kappa shape index (κ2) is 8.26. The molecule has 2 heterocycles. The second-order valence-corrected chi connectivity index (χ2v) is 6.05. The molecule has 1 N–H and O–H groups in total. The minimum Gasteiger partial charge on any atom is -0.460 e. The van der Waals surface area contributed by atoms with Crippen LogP contribution in [0.25, 0.3) is 0 Å². The number of anilines is 1. The van der Waals surface area contributed by atoms with Gasteiger partial charge in [-0.25, -0.2) is 18.3 Å². The molecule has 0 aliphatic carbocycles. The zero-order valence-electron chi connectivity index (χ0n) is 15.0. The molecule has 1 aliphatic heterocycles. The summed E-state index contributed by atoms with van der Waals surface area (Å²) in [6, 6.07) is 2.23. The van der Waals surface area contributed by atoms with E-state index < -0.39 is 23.6 Å². The summed E-state index contributed by atoms with van der Waals surface area (Å²) < 4.78 is 39.5. The van der Waals surface area contributed by atoms with Crippen molar-refractivity contribution >= 4 is 11.9 Å². The average Bonchev–Trinajstić information content (AvgIpc) is 3.07. The van der Waals surface area contributed by atoms with E-state index >= 15 is 0 Å². The molecule has 144 valence electrons. The van der Waals surface area contributed by atoms with Crippen molar-refractivity contribution in [1.29, 1.82) is 0 Å². The summed E-state index contributed by atoms with van der Waals surface area (Å²) in [5.74, 6) is -1.74. The summed E-state index contributed by atoms with van der Waals surface area (Å²) in [5, 5.41) is 7.05. The Labute approximate surface area is 155 Å². The maximum absolute atomic E-state index is 13.8. The third kappa shape index (κ3) is 4.13. The maximum atomic E-state index is 13.8. The van der Waals surface area contributed by atoms with Gasteiger partial charge in [-0.15, -0.1) is 0 Å². The minimum absolute atomic E-state index is 0.0735. The second-order valence-electron chi connectivity index (χ2n) is 6.05. The van der Waals surface area contributed by atoms with Crippen LogP contribution in [0.3, 0.4) is 0 Å². The number of halogens is 2. The molecule has 0 saturated carbocycles. The third-order valence-corrected chi connectivity index (χ3v) is 4.02. The topological polar surface area (TPSA) is 78.3 Å². The maximum Gasteiger partial charge on any atom is 0.338 e. The molecule has 1 aromatic heterocycles. The molecule has 2 aromatic rings. The molecule has 1 atom stereocenters. The summed E-state index contributed by atoms with van der Waals surface area (Å²) >= 11 is 0.